The van der Waals surface area contributed by atoms with E-state index in [0.29, 0.717) is 5.00 Å². The van der Waals surface area contributed by atoms with Gasteiger partial charge in [-0.05, 0) is 0 Å². The number of aliphatic hydroxyl groups is 2. The average molecular weight is 315 g/mol. The zero-order valence-corrected chi connectivity index (χ0v) is 12.4. The normalized spacial score (nSPS) is 21.4. The maximum atomic E-state index is 12.0. The van der Waals surface area contributed by atoms with Gasteiger partial charge in [-0.2, -0.15) is 0 Å². The first-order chi connectivity index (χ1) is 9.90. The predicted molar refractivity (Wildman–Crippen MR) is 77.7 cm³/mol. The number of ether oxygens (including phenoxy) is 1. The van der Waals surface area contributed by atoms with Crippen molar-refractivity contribution in [2.24, 2.45) is 0 Å². The number of methoxy groups -OCH3 is 1. The number of hydrogen-bond donors (Lipinski definition) is 4. The zero-order chi connectivity index (χ0) is 15.7. The zero-order valence-electron chi connectivity index (χ0n) is 11.6. The van der Waals surface area contributed by atoms with E-state index in [9.17, 15) is 19.8 Å². The minimum Gasteiger partial charge on any atom is -0.465 e. The van der Waals surface area contributed by atoms with Gasteiger partial charge in [-0.1, -0.05) is 0 Å². The van der Waals surface area contributed by atoms with Crippen LogP contribution in [-0.4, -0.2) is 61.5 Å². The van der Waals surface area contributed by atoms with Crippen LogP contribution in [0.3, 0.4) is 0 Å². The van der Waals surface area contributed by atoms with Crippen LogP contribution >= 0.6 is 11.3 Å². The first kappa shape index (κ1) is 15.5. The maximum absolute atomic E-state index is 12.0. The Bertz CT molecular complexity index is 563. The molecule has 2 rings (SSSR count). The van der Waals surface area contributed by atoms with E-state index in [1.165, 1.54) is 14.2 Å². The molecule has 0 radical (unpaired) electrons. The predicted octanol–water partition coefficient (Wildman–Crippen LogP) is -0.982. The SMILES string of the molecule is CNC(=O)c1c(N2CC(O)C(O)C2)sc(C(=O)OC)c1N. The third-order valence-electron chi connectivity index (χ3n) is 3.30. The highest BCUT2D eigenvalue weighted by Gasteiger charge is 2.35. The average Bonchev–Trinajstić information content (AvgIpc) is 2.98. The molecule has 2 unspecified atom stereocenters. The van der Waals surface area contributed by atoms with Crippen molar-refractivity contribution in [3.8, 4) is 0 Å². The number of nitrogens with one attached hydrogen (secondary N) is 1. The summed E-state index contributed by atoms with van der Waals surface area (Å²) < 4.78 is 4.65. The van der Waals surface area contributed by atoms with Gasteiger partial charge in [-0.25, -0.2) is 4.79 Å². The Hall–Kier alpha value is -1.84. The smallest absolute Gasteiger partial charge is 0.350 e. The Morgan fingerprint density at radius 2 is 1.95 bits per heavy atom. The molecule has 2 heterocycles. The van der Waals surface area contributed by atoms with Crippen LogP contribution in [0, 0.1) is 0 Å². The summed E-state index contributed by atoms with van der Waals surface area (Å²) in [4.78, 5) is 25.5. The lowest BCUT2D eigenvalue weighted by Crippen LogP contribution is -2.25. The van der Waals surface area contributed by atoms with Gasteiger partial charge in [0.05, 0.1) is 30.6 Å². The molecule has 116 valence electrons. The summed E-state index contributed by atoms with van der Waals surface area (Å²) in [6.45, 7) is 0.317. The van der Waals surface area contributed by atoms with Crippen LogP contribution in [0.5, 0.6) is 0 Å². The Morgan fingerprint density at radius 1 is 1.38 bits per heavy atom. The molecule has 21 heavy (non-hydrogen) atoms. The van der Waals surface area contributed by atoms with E-state index in [1.54, 1.807) is 4.90 Å². The molecular weight excluding hydrogens is 298 g/mol. The molecule has 1 aromatic rings. The number of nitrogen functional groups attached to an aromatic ring is 1. The molecule has 1 aromatic heterocycles. The Labute approximate surface area is 125 Å². The van der Waals surface area contributed by atoms with Crippen molar-refractivity contribution in [3.63, 3.8) is 0 Å². The summed E-state index contributed by atoms with van der Waals surface area (Å²) in [5, 5.41) is 22.2. The van der Waals surface area contributed by atoms with Crippen molar-refractivity contribution in [2.45, 2.75) is 12.2 Å². The Balaban J connectivity index is 2.49. The van der Waals surface area contributed by atoms with Crippen LogP contribution in [0.25, 0.3) is 0 Å². The molecule has 0 bridgehead atoms. The summed E-state index contributed by atoms with van der Waals surface area (Å²) in [5.41, 5.74) is 6.09. The van der Waals surface area contributed by atoms with Crippen molar-refractivity contribution in [1.29, 1.82) is 0 Å². The van der Waals surface area contributed by atoms with Crippen molar-refractivity contribution in [2.75, 3.05) is 37.9 Å². The molecule has 0 aliphatic carbocycles. The summed E-state index contributed by atoms with van der Waals surface area (Å²) in [5.74, 6) is -1.07. The highest BCUT2D eigenvalue weighted by molar-refractivity contribution is 7.19. The second-order valence-electron chi connectivity index (χ2n) is 4.64. The molecule has 8 nitrogen and oxygen atoms in total. The Morgan fingerprint density at radius 3 is 2.43 bits per heavy atom. The maximum Gasteiger partial charge on any atom is 0.350 e. The number of rotatable bonds is 3. The lowest BCUT2D eigenvalue weighted by molar-refractivity contribution is 0.0572. The van der Waals surface area contributed by atoms with Gasteiger partial charge >= 0.3 is 5.97 Å². The van der Waals surface area contributed by atoms with Gasteiger partial charge < -0.3 is 30.9 Å². The number of β-amino-alcohol motifs (C(OH)–C–C–N with tert-alkyl or cyclic N) is 2. The number of amides is 1. The van der Waals surface area contributed by atoms with Crippen LogP contribution in [0.2, 0.25) is 0 Å². The quantitative estimate of drug-likeness (QED) is 0.528. The number of anilines is 2. The van der Waals surface area contributed by atoms with Gasteiger partial charge in [0.1, 0.15) is 9.88 Å². The van der Waals surface area contributed by atoms with Gasteiger partial charge in [-0.3, -0.25) is 4.79 Å². The third-order valence-corrected chi connectivity index (χ3v) is 4.54. The number of esters is 1. The molecule has 1 aliphatic rings. The molecule has 1 amide bonds. The van der Waals surface area contributed by atoms with E-state index in [2.05, 4.69) is 10.1 Å². The van der Waals surface area contributed by atoms with Crippen LogP contribution in [-0.2, 0) is 4.74 Å². The largest absolute Gasteiger partial charge is 0.465 e. The number of nitrogens with two attached hydrogens (primary N) is 1. The lowest BCUT2D eigenvalue weighted by atomic mass is 10.2. The minimum absolute atomic E-state index is 0.0390. The lowest BCUT2D eigenvalue weighted by Gasteiger charge is -2.17. The molecule has 2 atom stereocenters. The van der Waals surface area contributed by atoms with Gasteiger partial charge in [0.15, 0.2) is 0 Å². The highest BCUT2D eigenvalue weighted by atomic mass is 32.1. The Kier molecular flexibility index (Phi) is 4.35. The molecule has 1 saturated heterocycles. The molecule has 9 heteroatoms. The monoisotopic (exact) mass is 315 g/mol. The number of nitrogens with zero attached hydrogens (tertiary/aromatic N) is 1. The second kappa shape index (κ2) is 5.88. The second-order valence-corrected chi connectivity index (χ2v) is 5.63. The fourth-order valence-corrected chi connectivity index (χ4v) is 3.33. The highest BCUT2D eigenvalue weighted by Crippen LogP contribution is 2.40. The van der Waals surface area contributed by atoms with E-state index in [4.69, 9.17) is 5.73 Å². The summed E-state index contributed by atoms with van der Waals surface area (Å²) in [7, 11) is 2.68. The number of hydrogen-bond acceptors (Lipinski definition) is 8. The van der Waals surface area contributed by atoms with E-state index >= 15 is 0 Å². The third kappa shape index (κ3) is 2.67. The summed E-state index contributed by atoms with van der Waals surface area (Å²) in [6.07, 6.45) is -1.82. The summed E-state index contributed by atoms with van der Waals surface area (Å²) >= 11 is 1.01. The van der Waals surface area contributed by atoms with E-state index in [1.807, 2.05) is 0 Å². The van der Waals surface area contributed by atoms with Crippen molar-refractivity contribution in [3.05, 3.63) is 10.4 Å². The molecular formula is C12H17N3O5S. The molecule has 5 N–H and O–H groups in total. The summed E-state index contributed by atoms with van der Waals surface area (Å²) in [6, 6.07) is 0. The standard InChI is InChI=1S/C12H17N3O5S/c1-14-10(18)7-8(13)9(12(19)20-2)21-11(7)15-3-5(16)6(17)4-15/h5-6,16-17H,3-4,13H2,1-2H3,(H,14,18). The van der Waals surface area contributed by atoms with Gasteiger partial charge in [-0.15, -0.1) is 11.3 Å². The van der Waals surface area contributed by atoms with Crippen molar-refractivity contribution < 1.29 is 24.5 Å². The van der Waals surface area contributed by atoms with Crippen LogP contribution in [0.1, 0.15) is 20.0 Å². The fourth-order valence-electron chi connectivity index (χ4n) is 2.18. The van der Waals surface area contributed by atoms with Crippen molar-refractivity contribution >= 4 is 33.9 Å². The van der Waals surface area contributed by atoms with E-state index in [-0.39, 0.29) is 29.2 Å². The molecule has 0 saturated carbocycles. The molecule has 1 fully saturated rings. The first-order valence-electron chi connectivity index (χ1n) is 6.24. The number of aliphatic hydroxyl groups excluding tert-OH is 2. The molecule has 0 aromatic carbocycles. The van der Waals surface area contributed by atoms with Crippen LogP contribution in [0.4, 0.5) is 10.7 Å². The van der Waals surface area contributed by atoms with Crippen molar-refractivity contribution in [1.82, 2.24) is 5.32 Å². The first-order valence-corrected chi connectivity index (χ1v) is 7.06. The van der Waals surface area contributed by atoms with Gasteiger partial charge in [0.2, 0.25) is 0 Å². The molecule has 0 spiro atoms. The minimum atomic E-state index is -0.910. The molecule has 1 aliphatic heterocycles. The van der Waals surface area contributed by atoms with Crippen LogP contribution < -0.4 is 16.0 Å². The number of carbonyl (C=O) groups excluding carboxylic acids is 2. The van der Waals surface area contributed by atoms with E-state index in [0.717, 1.165) is 11.3 Å². The topological polar surface area (TPSA) is 125 Å². The number of carbonyl (C=O) groups is 2. The van der Waals surface area contributed by atoms with E-state index < -0.39 is 24.1 Å². The van der Waals surface area contributed by atoms with Gasteiger partial charge in [0.25, 0.3) is 5.91 Å². The number of thiophene rings is 1. The fraction of sp³-hybridized carbons (Fsp3) is 0.500. The van der Waals surface area contributed by atoms with Crippen LogP contribution in [0.15, 0.2) is 0 Å². The van der Waals surface area contributed by atoms with Gasteiger partial charge in [0, 0.05) is 20.1 Å².